The van der Waals surface area contributed by atoms with Crippen LogP contribution in [0.5, 0.6) is 0 Å². The maximum Gasteiger partial charge on any atom is 0.0645 e. The summed E-state index contributed by atoms with van der Waals surface area (Å²) in [6, 6.07) is 10.2. The lowest BCUT2D eigenvalue weighted by Crippen LogP contribution is -2.17. The van der Waals surface area contributed by atoms with E-state index in [-0.39, 0.29) is 0 Å². The number of hydrogen-bond acceptors (Lipinski definition) is 3. The van der Waals surface area contributed by atoms with Gasteiger partial charge in [0.05, 0.1) is 11.9 Å². The fourth-order valence-corrected chi connectivity index (χ4v) is 2.52. The minimum atomic E-state index is 0.745. The maximum absolute atomic E-state index is 5.38. The van der Waals surface area contributed by atoms with Crippen LogP contribution in [0.4, 0.5) is 0 Å². The third-order valence-corrected chi connectivity index (χ3v) is 3.74. The van der Waals surface area contributed by atoms with Gasteiger partial charge in [0.25, 0.3) is 0 Å². The third kappa shape index (κ3) is 3.46. The van der Waals surface area contributed by atoms with Crippen LogP contribution in [0.1, 0.15) is 18.4 Å². The number of nitrogens with zero attached hydrogens (tertiary/aromatic N) is 2. The van der Waals surface area contributed by atoms with E-state index in [0.717, 1.165) is 37.9 Å². The monoisotopic (exact) mass is 271 g/mol. The van der Waals surface area contributed by atoms with E-state index in [1.54, 1.807) is 0 Å². The Kier molecular flexibility index (Phi) is 4.46. The van der Waals surface area contributed by atoms with Crippen LogP contribution in [0.15, 0.2) is 42.7 Å². The molecule has 4 nitrogen and oxygen atoms in total. The topological polar surface area (TPSA) is 39.1 Å². The normalized spacial score (nSPS) is 18.5. The first-order chi connectivity index (χ1) is 9.92. The molecule has 0 radical (unpaired) electrons. The van der Waals surface area contributed by atoms with Crippen molar-refractivity contribution in [2.24, 2.45) is 5.92 Å². The molecule has 1 unspecified atom stereocenters. The molecule has 106 valence electrons. The average molecular weight is 271 g/mol. The summed E-state index contributed by atoms with van der Waals surface area (Å²) in [5.41, 5.74) is 2.32. The number of aromatic nitrogens is 2. The number of hydrogen-bond donors (Lipinski definition) is 1. The first-order valence-corrected chi connectivity index (χ1v) is 7.29. The lowest BCUT2D eigenvalue weighted by molar-refractivity contribution is 0.184. The summed E-state index contributed by atoms with van der Waals surface area (Å²) in [5.74, 6) is 0.745. The lowest BCUT2D eigenvalue weighted by Gasteiger charge is -2.07. The van der Waals surface area contributed by atoms with Gasteiger partial charge in [-0.15, -0.1) is 0 Å². The summed E-state index contributed by atoms with van der Waals surface area (Å²) >= 11 is 0. The van der Waals surface area contributed by atoms with E-state index in [2.05, 4.69) is 28.7 Å². The van der Waals surface area contributed by atoms with Crippen molar-refractivity contribution in [1.29, 1.82) is 0 Å². The molecular formula is C16H21N3O. The molecule has 1 aromatic heterocycles. The first-order valence-electron chi connectivity index (χ1n) is 7.29. The number of nitrogens with one attached hydrogen (secondary N) is 1. The number of ether oxygens (including phenoxy) is 1. The highest BCUT2D eigenvalue weighted by Gasteiger charge is 2.14. The van der Waals surface area contributed by atoms with Crippen LogP contribution < -0.4 is 5.32 Å². The zero-order valence-corrected chi connectivity index (χ0v) is 11.7. The van der Waals surface area contributed by atoms with Crippen molar-refractivity contribution >= 4 is 0 Å². The highest BCUT2D eigenvalue weighted by molar-refractivity contribution is 5.30. The predicted octanol–water partition coefficient (Wildman–Crippen LogP) is 2.39. The Morgan fingerprint density at radius 3 is 3.00 bits per heavy atom. The standard InChI is InChI=1S/C16H21N3O/c1-2-4-16(5-3-1)19-12-15(11-18-19)10-17-8-6-14-7-9-20-13-14/h1-5,11-12,14,17H,6-10,13H2. The van der Waals surface area contributed by atoms with E-state index in [1.807, 2.05) is 29.1 Å². The van der Waals surface area contributed by atoms with E-state index >= 15 is 0 Å². The molecule has 1 atom stereocenters. The van der Waals surface area contributed by atoms with Gasteiger partial charge in [0, 0.05) is 31.5 Å². The Morgan fingerprint density at radius 1 is 1.30 bits per heavy atom. The van der Waals surface area contributed by atoms with Crippen LogP contribution in [0, 0.1) is 5.92 Å². The Labute approximate surface area is 119 Å². The fourth-order valence-electron chi connectivity index (χ4n) is 2.52. The molecule has 1 fully saturated rings. The molecule has 1 saturated heterocycles. The van der Waals surface area contributed by atoms with Gasteiger partial charge in [0.15, 0.2) is 0 Å². The van der Waals surface area contributed by atoms with Gasteiger partial charge in [-0.25, -0.2) is 4.68 Å². The molecule has 0 aliphatic carbocycles. The second-order valence-electron chi connectivity index (χ2n) is 5.32. The van der Waals surface area contributed by atoms with Crippen molar-refractivity contribution in [1.82, 2.24) is 15.1 Å². The summed E-state index contributed by atoms with van der Waals surface area (Å²) in [4.78, 5) is 0. The molecule has 1 aromatic carbocycles. The summed E-state index contributed by atoms with van der Waals surface area (Å²) in [6.07, 6.45) is 6.43. The van der Waals surface area contributed by atoms with Crippen molar-refractivity contribution in [3.05, 3.63) is 48.3 Å². The van der Waals surface area contributed by atoms with Crippen LogP contribution in [0.25, 0.3) is 5.69 Å². The van der Waals surface area contributed by atoms with Crippen LogP contribution in [-0.2, 0) is 11.3 Å². The third-order valence-electron chi connectivity index (χ3n) is 3.74. The number of para-hydroxylation sites is 1. The van der Waals surface area contributed by atoms with Gasteiger partial charge < -0.3 is 10.1 Å². The smallest absolute Gasteiger partial charge is 0.0645 e. The average Bonchev–Trinajstić information content (AvgIpc) is 3.16. The molecule has 0 amide bonds. The van der Waals surface area contributed by atoms with Crippen molar-refractivity contribution in [2.45, 2.75) is 19.4 Å². The molecule has 3 rings (SSSR count). The quantitative estimate of drug-likeness (QED) is 0.820. The molecule has 20 heavy (non-hydrogen) atoms. The van der Waals surface area contributed by atoms with Gasteiger partial charge in [-0.05, 0) is 37.4 Å². The molecule has 1 aliphatic heterocycles. The van der Waals surface area contributed by atoms with Crippen LogP contribution in [0.2, 0.25) is 0 Å². The van der Waals surface area contributed by atoms with Crippen molar-refractivity contribution in [3.63, 3.8) is 0 Å². The summed E-state index contributed by atoms with van der Waals surface area (Å²) in [6.45, 7) is 3.80. The van der Waals surface area contributed by atoms with E-state index in [0.29, 0.717) is 0 Å². The Bertz CT molecular complexity index is 518. The van der Waals surface area contributed by atoms with Gasteiger partial charge >= 0.3 is 0 Å². The molecule has 0 bridgehead atoms. The molecule has 0 spiro atoms. The minimum Gasteiger partial charge on any atom is -0.381 e. The molecule has 2 heterocycles. The highest BCUT2D eigenvalue weighted by atomic mass is 16.5. The predicted molar refractivity (Wildman–Crippen MR) is 78.8 cm³/mol. The summed E-state index contributed by atoms with van der Waals surface area (Å²) in [5, 5.41) is 7.88. The van der Waals surface area contributed by atoms with Gasteiger partial charge in [0.1, 0.15) is 0 Å². The molecule has 2 aromatic rings. The maximum atomic E-state index is 5.38. The van der Waals surface area contributed by atoms with Crippen LogP contribution in [0.3, 0.4) is 0 Å². The SMILES string of the molecule is c1ccc(-n2cc(CNCCC3CCOC3)cn2)cc1. The second kappa shape index (κ2) is 6.68. The summed E-state index contributed by atoms with van der Waals surface area (Å²) < 4.78 is 7.30. The lowest BCUT2D eigenvalue weighted by atomic mass is 10.1. The molecular weight excluding hydrogens is 250 g/mol. The van der Waals surface area contributed by atoms with Gasteiger partial charge in [-0.1, -0.05) is 18.2 Å². The van der Waals surface area contributed by atoms with Crippen molar-refractivity contribution < 1.29 is 4.74 Å². The van der Waals surface area contributed by atoms with Crippen molar-refractivity contribution in [3.8, 4) is 5.69 Å². The number of benzene rings is 1. The fraction of sp³-hybridized carbons (Fsp3) is 0.438. The Morgan fingerprint density at radius 2 is 2.20 bits per heavy atom. The zero-order valence-electron chi connectivity index (χ0n) is 11.7. The van der Waals surface area contributed by atoms with Gasteiger partial charge in [0.2, 0.25) is 0 Å². The van der Waals surface area contributed by atoms with Crippen LogP contribution in [-0.4, -0.2) is 29.5 Å². The zero-order chi connectivity index (χ0) is 13.6. The van der Waals surface area contributed by atoms with E-state index < -0.39 is 0 Å². The minimum absolute atomic E-state index is 0.745. The Balaban J connectivity index is 1.45. The van der Waals surface area contributed by atoms with Gasteiger partial charge in [-0.3, -0.25) is 0 Å². The van der Waals surface area contributed by atoms with Crippen molar-refractivity contribution in [2.75, 3.05) is 19.8 Å². The Hall–Kier alpha value is -1.65. The molecule has 1 N–H and O–H groups in total. The number of rotatable bonds is 6. The second-order valence-corrected chi connectivity index (χ2v) is 5.32. The molecule has 4 heteroatoms. The largest absolute Gasteiger partial charge is 0.381 e. The molecule has 0 saturated carbocycles. The molecule has 1 aliphatic rings. The van der Waals surface area contributed by atoms with E-state index in [1.165, 1.54) is 18.4 Å². The summed E-state index contributed by atoms with van der Waals surface area (Å²) in [7, 11) is 0. The van der Waals surface area contributed by atoms with E-state index in [9.17, 15) is 0 Å². The van der Waals surface area contributed by atoms with Gasteiger partial charge in [-0.2, -0.15) is 5.10 Å². The van der Waals surface area contributed by atoms with Crippen LogP contribution >= 0.6 is 0 Å². The highest BCUT2D eigenvalue weighted by Crippen LogP contribution is 2.15. The van der Waals surface area contributed by atoms with E-state index in [4.69, 9.17) is 4.74 Å². The first kappa shape index (κ1) is 13.3.